The summed E-state index contributed by atoms with van der Waals surface area (Å²) in [6.45, 7) is 4.33. The number of aliphatic hydroxyl groups is 2. The molecule has 0 aliphatic heterocycles. The van der Waals surface area contributed by atoms with Gasteiger partial charge < -0.3 is 15.5 Å². The van der Waals surface area contributed by atoms with Gasteiger partial charge in [-0.1, -0.05) is 161 Å². The number of nitrogens with one attached hydrogen (secondary N) is 1. The van der Waals surface area contributed by atoms with E-state index in [1.807, 2.05) is 0 Å². The predicted molar refractivity (Wildman–Crippen MR) is 175 cm³/mol. The molecule has 4 heteroatoms. The fraction of sp³-hybridized carbons (Fsp3) is 0.917. The number of rotatable bonds is 32. The van der Waals surface area contributed by atoms with Crippen LogP contribution in [0, 0.1) is 0 Å². The van der Waals surface area contributed by atoms with Gasteiger partial charge in [0.2, 0.25) is 5.91 Å². The van der Waals surface area contributed by atoms with E-state index in [0.717, 1.165) is 25.7 Å². The lowest BCUT2D eigenvalue weighted by Crippen LogP contribution is -2.45. The van der Waals surface area contributed by atoms with Gasteiger partial charge in [0.1, 0.15) is 0 Å². The van der Waals surface area contributed by atoms with Crippen LogP contribution in [0.25, 0.3) is 0 Å². The maximum Gasteiger partial charge on any atom is 0.220 e. The van der Waals surface area contributed by atoms with Crippen molar-refractivity contribution in [3.05, 3.63) is 12.2 Å². The van der Waals surface area contributed by atoms with Crippen LogP contribution >= 0.6 is 0 Å². The molecule has 0 bridgehead atoms. The Bertz CT molecular complexity index is 536. The number of carbonyl (C=O) groups is 1. The zero-order valence-corrected chi connectivity index (χ0v) is 27.1. The molecule has 0 aliphatic rings. The van der Waals surface area contributed by atoms with Crippen molar-refractivity contribution in [3.63, 3.8) is 0 Å². The van der Waals surface area contributed by atoms with E-state index in [9.17, 15) is 15.0 Å². The minimum absolute atomic E-state index is 0.0371. The molecule has 0 aromatic rings. The molecule has 0 saturated heterocycles. The molecule has 1 amide bonds. The quantitative estimate of drug-likeness (QED) is 0.0561. The van der Waals surface area contributed by atoms with Crippen molar-refractivity contribution >= 4 is 5.91 Å². The lowest BCUT2D eigenvalue weighted by molar-refractivity contribution is -0.123. The molecular formula is C36H71NO3. The molecule has 0 radical (unpaired) electrons. The van der Waals surface area contributed by atoms with Gasteiger partial charge in [-0.25, -0.2) is 0 Å². The summed E-state index contributed by atoms with van der Waals surface area (Å²) in [5, 5.41) is 23.0. The van der Waals surface area contributed by atoms with Crippen LogP contribution in [0.1, 0.15) is 194 Å². The summed E-state index contributed by atoms with van der Waals surface area (Å²) in [5.74, 6) is -0.0371. The van der Waals surface area contributed by atoms with E-state index in [1.54, 1.807) is 0 Å². The molecule has 40 heavy (non-hydrogen) atoms. The molecule has 238 valence electrons. The van der Waals surface area contributed by atoms with E-state index in [2.05, 4.69) is 31.3 Å². The normalized spacial score (nSPS) is 13.2. The Balaban J connectivity index is 3.56. The van der Waals surface area contributed by atoms with Gasteiger partial charge in [-0.2, -0.15) is 0 Å². The van der Waals surface area contributed by atoms with Crippen LogP contribution in [-0.2, 0) is 4.79 Å². The highest BCUT2D eigenvalue weighted by atomic mass is 16.3. The molecule has 0 heterocycles. The molecule has 0 fully saturated rings. The molecule has 4 nitrogen and oxygen atoms in total. The standard InChI is InChI=1S/C36H71NO3/c1-3-5-7-9-11-13-15-17-18-20-22-24-26-28-30-32-36(40)37-34(33-38)35(39)31-29-27-25-23-21-19-16-14-12-10-8-6-4-2/h13,15,34-35,38-39H,3-12,14,16-33H2,1-2H3,(H,37,40). The van der Waals surface area contributed by atoms with Crippen LogP contribution in [0.15, 0.2) is 12.2 Å². The molecule has 2 atom stereocenters. The third kappa shape index (κ3) is 28.7. The van der Waals surface area contributed by atoms with Crippen molar-refractivity contribution in [1.82, 2.24) is 5.32 Å². The third-order valence-corrected chi connectivity index (χ3v) is 8.28. The Kier molecular flexibility index (Phi) is 31.9. The van der Waals surface area contributed by atoms with Gasteiger partial charge >= 0.3 is 0 Å². The Morgan fingerprint density at radius 2 is 0.950 bits per heavy atom. The summed E-state index contributed by atoms with van der Waals surface area (Å²) in [4.78, 5) is 12.3. The van der Waals surface area contributed by atoms with Crippen molar-refractivity contribution in [1.29, 1.82) is 0 Å². The molecule has 0 aliphatic carbocycles. The van der Waals surface area contributed by atoms with Crippen molar-refractivity contribution < 1.29 is 15.0 Å². The lowest BCUT2D eigenvalue weighted by Gasteiger charge is -2.22. The smallest absolute Gasteiger partial charge is 0.220 e. The zero-order chi connectivity index (χ0) is 29.4. The largest absolute Gasteiger partial charge is 0.394 e. The average Bonchev–Trinajstić information content (AvgIpc) is 2.96. The van der Waals surface area contributed by atoms with E-state index in [4.69, 9.17) is 0 Å². The Morgan fingerprint density at radius 3 is 1.40 bits per heavy atom. The Morgan fingerprint density at radius 1 is 0.575 bits per heavy atom. The molecule has 0 saturated carbocycles. The molecule has 0 aromatic heterocycles. The minimum Gasteiger partial charge on any atom is -0.394 e. The number of hydrogen-bond acceptors (Lipinski definition) is 3. The maximum absolute atomic E-state index is 12.3. The molecule has 2 unspecified atom stereocenters. The van der Waals surface area contributed by atoms with E-state index in [0.29, 0.717) is 12.8 Å². The van der Waals surface area contributed by atoms with Crippen molar-refractivity contribution in [2.45, 2.75) is 206 Å². The number of carbonyl (C=O) groups excluding carboxylic acids is 1. The van der Waals surface area contributed by atoms with Gasteiger partial charge in [0, 0.05) is 6.42 Å². The number of aliphatic hydroxyl groups excluding tert-OH is 2. The van der Waals surface area contributed by atoms with Crippen LogP contribution in [0.4, 0.5) is 0 Å². The van der Waals surface area contributed by atoms with Crippen molar-refractivity contribution in [2.75, 3.05) is 6.61 Å². The first kappa shape index (κ1) is 39.1. The van der Waals surface area contributed by atoms with Crippen LogP contribution in [0.2, 0.25) is 0 Å². The summed E-state index contributed by atoms with van der Waals surface area (Å²) < 4.78 is 0. The van der Waals surface area contributed by atoms with E-state index in [1.165, 1.54) is 141 Å². The second-order valence-electron chi connectivity index (χ2n) is 12.3. The number of allylic oxidation sites excluding steroid dienone is 2. The van der Waals surface area contributed by atoms with Crippen molar-refractivity contribution in [2.24, 2.45) is 0 Å². The van der Waals surface area contributed by atoms with E-state index >= 15 is 0 Å². The van der Waals surface area contributed by atoms with E-state index < -0.39 is 12.1 Å². The summed E-state index contributed by atoms with van der Waals surface area (Å²) in [6, 6.07) is -0.532. The second-order valence-corrected chi connectivity index (χ2v) is 12.3. The fourth-order valence-electron chi connectivity index (χ4n) is 5.47. The van der Waals surface area contributed by atoms with Gasteiger partial charge in [-0.05, 0) is 38.5 Å². The van der Waals surface area contributed by atoms with Gasteiger partial charge in [0.05, 0.1) is 18.8 Å². The number of unbranched alkanes of at least 4 members (excludes halogenated alkanes) is 23. The third-order valence-electron chi connectivity index (χ3n) is 8.28. The van der Waals surface area contributed by atoms with Gasteiger partial charge in [0.15, 0.2) is 0 Å². The zero-order valence-electron chi connectivity index (χ0n) is 27.1. The first-order chi connectivity index (χ1) is 19.7. The topological polar surface area (TPSA) is 69.6 Å². The Hall–Kier alpha value is -0.870. The second kappa shape index (κ2) is 32.6. The summed E-state index contributed by atoms with van der Waals surface area (Å²) >= 11 is 0. The first-order valence-corrected chi connectivity index (χ1v) is 17.9. The highest BCUT2D eigenvalue weighted by Gasteiger charge is 2.19. The summed E-state index contributed by atoms with van der Waals surface area (Å²) in [7, 11) is 0. The van der Waals surface area contributed by atoms with Gasteiger partial charge in [-0.15, -0.1) is 0 Å². The summed E-state index contributed by atoms with van der Waals surface area (Å²) in [6.07, 6.45) is 38.3. The molecule has 0 aromatic carbocycles. The highest BCUT2D eigenvalue weighted by molar-refractivity contribution is 5.76. The number of hydrogen-bond donors (Lipinski definition) is 3. The monoisotopic (exact) mass is 566 g/mol. The predicted octanol–water partition coefficient (Wildman–Crippen LogP) is 10.3. The maximum atomic E-state index is 12.3. The molecular weight excluding hydrogens is 494 g/mol. The Labute approximate surface area is 250 Å². The number of amides is 1. The van der Waals surface area contributed by atoms with Gasteiger partial charge in [0.25, 0.3) is 0 Å². The molecule has 0 spiro atoms. The average molecular weight is 566 g/mol. The molecule has 3 N–H and O–H groups in total. The lowest BCUT2D eigenvalue weighted by atomic mass is 10.0. The van der Waals surface area contributed by atoms with E-state index in [-0.39, 0.29) is 12.5 Å². The van der Waals surface area contributed by atoms with Gasteiger partial charge in [-0.3, -0.25) is 4.79 Å². The van der Waals surface area contributed by atoms with Crippen molar-refractivity contribution in [3.8, 4) is 0 Å². The van der Waals surface area contributed by atoms with Crippen LogP contribution in [-0.4, -0.2) is 34.9 Å². The minimum atomic E-state index is -0.655. The van der Waals surface area contributed by atoms with Crippen LogP contribution in [0.3, 0.4) is 0 Å². The fourth-order valence-corrected chi connectivity index (χ4v) is 5.47. The molecule has 0 rings (SSSR count). The SMILES string of the molecule is CCCCCCC=CCCCCCCCCCC(=O)NC(CO)C(O)CCCCCCCCCCCCCCC. The highest BCUT2D eigenvalue weighted by Crippen LogP contribution is 2.15. The van der Waals surface area contributed by atoms with Crippen LogP contribution in [0.5, 0.6) is 0 Å². The summed E-state index contributed by atoms with van der Waals surface area (Å²) in [5.41, 5.74) is 0. The van der Waals surface area contributed by atoms with Crippen LogP contribution < -0.4 is 5.32 Å². The first-order valence-electron chi connectivity index (χ1n) is 17.9.